The van der Waals surface area contributed by atoms with Gasteiger partial charge in [0, 0.05) is 30.7 Å². The molecule has 1 fully saturated rings. The van der Waals surface area contributed by atoms with Gasteiger partial charge in [0.1, 0.15) is 0 Å². The largest absolute Gasteiger partial charge is 0.394 e. The van der Waals surface area contributed by atoms with E-state index in [-0.39, 0.29) is 17.7 Å². The molecular formula is C15H32N2O2. The van der Waals surface area contributed by atoms with Crippen molar-refractivity contribution in [2.45, 2.75) is 71.2 Å². The third-order valence-electron chi connectivity index (χ3n) is 3.81. The minimum absolute atomic E-state index is 0.0619. The average Bonchev–Trinajstić information content (AvgIpc) is 2.26. The number of nitrogens with one attached hydrogen (secondary N) is 1. The number of ether oxygens (including phenoxy) is 1. The lowest BCUT2D eigenvalue weighted by Crippen LogP contribution is -2.56. The molecule has 1 aliphatic rings. The van der Waals surface area contributed by atoms with Gasteiger partial charge in [-0.15, -0.1) is 0 Å². The van der Waals surface area contributed by atoms with Crippen molar-refractivity contribution in [3.8, 4) is 0 Å². The lowest BCUT2D eigenvalue weighted by atomic mass is 9.92. The Labute approximate surface area is 118 Å². The summed E-state index contributed by atoms with van der Waals surface area (Å²) in [6, 6.07) is 0.817. The minimum atomic E-state index is -0.212. The van der Waals surface area contributed by atoms with Crippen LogP contribution < -0.4 is 5.32 Å². The molecule has 4 heteroatoms. The summed E-state index contributed by atoms with van der Waals surface area (Å²) in [5, 5.41) is 13.2. The summed E-state index contributed by atoms with van der Waals surface area (Å²) in [7, 11) is 0. The second kappa shape index (κ2) is 6.53. The summed E-state index contributed by atoms with van der Waals surface area (Å²) in [4.78, 5) is 2.47. The van der Waals surface area contributed by atoms with Crippen LogP contribution in [0.15, 0.2) is 0 Å². The Morgan fingerprint density at radius 1 is 1.37 bits per heavy atom. The number of morpholine rings is 1. The molecule has 0 amide bonds. The van der Waals surface area contributed by atoms with E-state index in [0.717, 1.165) is 26.1 Å². The second-order valence-corrected chi connectivity index (χ2v) is 7.15. The lowest BCUT2D eigenvalue weighted by Gasteiger charge is -2.44. The summed E-state index contributed by atoms with van der Waals surface area (Å²) >= 11 is 0. The molecule has 0 aromatic rings. The summed E-state index contributed by atoms with van der Waals surface area (Å²) in [6.45, 7) is 15.8. The van der Waals surface area contributed by atoms with E-state index in [0.29, 0.717) is 12.1 Å². The zero-order valence-electron chi connectivity index (χ0n) is 13.5. The van der Waals surface area contributed by atoms with Crippen molar-refractivity contribution >= 4 is 0 Å². The fraction of sp³-hybridized carbons (Fsp3) is 1.00. The van der Waals surface area contributed by atoms with Crippen LogP contribution in [-0.2, 0) is 4.74 Å². The molecule has 4 nitrogen and oxygen atoms in total. The third kappa shape index (κ3) is 5.38. The van der Waals surface area contributed by atoms with Crippen molar-refractivity contribution in [2.24, 2.45) is 0 Å². The Hall–Kier alpha value is -0.160. The molecule has 1 heterocycles. The fourth-order valence-electron chi connectivity index (χ4n) is 3.08. The van der Waals surface area contributed by atoms with E-state index in [1.807, 2.05) is 0 Å². The molecule has 1 aliphatic heterocycles. The third-order valence-corrected chi connectivity index (χ3v) is 3.81. The molecule has 0 bridgehead atoms. The molecular weight excluding hydrogens is 240 g/mol. The molecule has 0 aliphatic carbocycles. The Bertz CT molecular complexity index is 281. The molecule has 114 valence electrons. The Morgan fingerprint density at radius 2 is 2.00 bits per heavy atom. The highest BCUT2D eigenvalue weighted by Crippen LogP contribution is 2.23. The van der Waals surface area contributed by atoms with E-state index >= 15 is 0 Å². The second-order valence-electron chi connectivity index (χ2n) is 7.15. The molecule has 2 unspecified atom stereocenters. The van der Waals surface area contributed by atoms with Gasteiger partial charge in [-0.05, 0) is 34.1 Å². The number of rotatable bonds is 6. The quantitative estimate of drug-likeness (QED) is 0.771. The van der Waals surface area contributed by atoms with Crippen LogP contribution in [0.5, 0.6) is 0 Å². The standard InChI is InChI=1S/C15H32N2O2/c1-12(2)16-15(6,11-18)9-13(3)17-7-8-19-14(4,5)10-17/h12-13,16,18H,7-11H2,1-6H3. The SMILES string of the molecule is CC(C)NC(C)(CO)CC(C)N1CCOC(C)(C)C1. The first-order valence-corrected chi connectivity index (χ1v) is 7.44. The van der Waals surface area contributed by atoms with Gasteiger partial charge in [0.25, 0.3) is 0 Å². The van der Waals surface area contributed by atoms with Crippen LogP contribution in [0.4, 0.5) is 0 Å². The Balaban J connectivity index is 2.59. The minimum Gasteiger partial charge on any atom is -0.394 e. The van der Waals surface area contributed by atoms with Crippen LogP contribution in [0.2, 0.25) is 0 Å². The molecule has 0 radical (unpaired) electrons. The molecule has 19 heavy (non-hydrogen) atoms. The highest BCUT2D eigenvalue weighted by Gasteiger charge is 2.33. The predicted molar refractivity (Wildman–Crippen MR) is 79.4 cm³/mol. The Morgan fingerprint density at radius 3 is 2.47 bits per heavy atom. The van der Waals surface area contributed by atoms with Gasteiger partial charge in [-0.2, -0.15) is 0 Å². The van der Waals surface area contributed by atoms with Gasteiger partial charge in [0.15, 0.2) is 0 Å². The summed E-state index contributed by atoms with van der Waals surface area (Å²) in [6.07, 6.45) is 0.942. The maximum absolute atomic E-state index is 9.68. The molecule has 1 saturated heterocycles. The maximum atomic E-state index is 9.68. The predicted octanol–water partition coefficient (Wildman–Crippen LogP) is 1.62. The molecule has 0 aromatic carbocycles. The molecule has 0 aromatic heterocycles. The van der Waals surface area contributed by atoms with Crippen molar-refractivity contribution in [2.75, 3.05) is 26.3 Å². The van der Waals surface area contributed by atoms with Gasteiger partial charge < -0.3 is 15.2 Å². The summed E-state index contributed by atoms with van der Waals surface area (Å²) < 4.78 is 5.76. The topological polar surface area (TPSA) is 44.7 Å². The van der Waals surface area contributed by atoms with Crippen molar-refractivity contribution in [1.82, 2.24) is 10.2 Å². The van der Waals surface area contributed by atoms with E-state index in [2.05, 4.69) is 51.8 Å². The first-order chi connectivity index (χ1) is 8.67. The Kier molecular flexibility index (Phi) is 5.80. The van der Waals surface area contributed by atoms with Crippen molar-refractivity contribution in [3.05, 3.63) is 0 Å². The van der Waals surface area contributed by atoms with E-state index in [4.69, 9.17) is 4.74 Å². The zero-order valence-corrected chi connectivity index (χ0v) is 13.5. The van der Waals surface area contributed by atoms with Crippen LogP contribution in [0.1, 0.15) is 48.0 Å². The molecule has 0 saturated carbocycles. The fourth-order valence-corrected chi connectivity index (χ4v) is 3.08. The van der Waals surface area contributed by atoms with Crippen LogP contribution in [0.25, 0.3) is 0 Å². The number of hydrogen-bond donors (Lipinski definition) is 2. The molecule has 0 spiro atoms. The summed E-state index contributed by atoms with van der Waals surface area (Å²) in [5.41, 5.74) is -0.274. The van der Waals surface area contributed by atoms with Gasteiger partial charge in [-0.25, -0.2) is 0 Å². The van der Waals surface area contributed by atoms with Crippen LogP contribution in [0.3, 0.4) is 0 Å². The van der Waals surface area contributed by atoms with Gasteiger partial charge in [-0.1, -0.05) is 13.8 Å². The molecule has 2 atom stereocenters. The number of hydrogen-bond acceptors (Lipinski definition) is 4. The lowest BCUT2D eigenvalue weighted by molar-refractivity contribution is -0.0985. The van der Waals surface area contributed by atoms with Crippen molar-refractivity contribution < 1.29 is 9.84 Å². The average molecular weight is 272 g/mol. The number of aliphatic hydroxyl groups is 1. The van der Waals surface area contributed by atoms with Crippen LogP contribution >= 0.6 is 0 Å². The first kappa shape index (κ1) is 16.9. The van der Waals surface area contributed by atoms with E-state index in [1.54, 1.807) is 0 Å². The molecule has 1 rings (SSSR count). The van der Waals surface area contributed by atoms with Crippen LogP contribution in [-0.4, -0.2) is 59.5 Å². The summed E-state index contributed by atoms with van der Waals surface area (Å²) in [5.74, 6) is 0. The normalized spacial score (nSPS) is 25.3. The zero-order chi connectivity index (χ0) is 14.7. The van der Waals surface area contributed by atoms with Crippen molar-refractivity contribution in [1.29, 1.82) is 0 Å². The molecule has 2 N–H and O–H groups in total. The monoisotopic (exact) mass is 272 g/mol. The maximum Gasteiger partial charge on any atom is 0.0753 e. The highest BCUT2D eigenvalue weighted by atomic mass is 16.5. The van der Waals surface area contributed by atoms with Crippen LogP contribution in [0, 0.1) is 0 Å². The number of aliphatic hydroxyl groups excluding tert-OH is 1. The smallest absolute Gasteiger partial charge is 0.0753 e. The van der Waals surface area contributed by atoms with E-state index in [9.17, 15) is 5.11 Å². The highest BCUT2D eigenvalue weighted by molar-refractivity contribution is 4.90. The van der Waals surface area contributed by atoms with Crippen molar-refractivity contribution in [3.63, 3.8) is 0 Å². The van der Waals surface area contributed by atoms with Gasteiger partial charge in [0.05, 0.1) is 18.8 Å². The van der Waals surface area contributed by atoms with Gasteiger partial charge >= 0.3 is 0 Å². The van der Waals surface area contributed by atoms with Gasteiger partial charge in [0.2, 0.25) is 0 Å². The number of nitrogens with zero attached hydrogens (tertiary/aromatic N) is 1. The van der Waals surface area contributed by atoms with Gasteiger partial charge in [-0.3, -0.25) is 4.90 Å². The first-order valence-electron chi connectivity index (χ1n) is 7.44. The van der Waals surface area contributed by atoms with E-state index in [1.165, 1.54) is 0 Å². The van der Waals surface area contributed by atoms with E-state index < -0.39 is 0 Å².